The molecule has 26 heavy (non-hydrogen) atoms. The minimum Gasteiger partial charge on any atom is -0.548 e. The van der Waals surface area contributed by atoms with Crippen molar-refractivity contribution in [2.24, 2.45) is 0 Å². The number of aliphatic hydroxyl groups is 1. The molecule has 0 aromatic heterocycles. The zero-order valence-electron chi connectivity index (χ0n) is 18.0. The summed E-state index contributed by atoms with van der Waals surface area (Å²) in [7, 11) is 6.08. The second kappa shape index (κ2) is 14.4. The lowest BCUT2D eigenvalue weighted by molar-refractivity contribution is -0.873. The van der Waals surface area contributed by atoms with Gasteiger partial charge in [-0.15, -0.1) is 0 Å². The molecule has 0 heterocycles. The first-order valence-electron chi connectivity index (χ1n) is 10.6. The van der Waals surface area contributed by atoms with Gasteiger partial charge in [0.2, 0.25) is 0 Å². The standard InChI is InChI=1S/C21H44N2O3/c1-6-7-8-9-10-11-12-13-14-15-16-22(19(2)21(25)26)17-20(24)18-23(3,4)5/h19-20,24H,6-18H2,1-5H3. The van der Waals surface area contributed by atoms with Gasteiger partial charge in [0.05, 0.1) is 27.1 Å². The molecule has 2 unspecified atom stereocenters. The van der Waals surface area contributed by atoms with Crippen LogP contribution in [0.15, 0.2) is 0 Å². The first-order chi connectivity index (χ1) is 12.2. The Morgan fingerprint density at radius 1 is 0.962 bits per heavy atom. The zero-order chi connectivity index (χ0) is 20.0. The lowest BCUT2D eigenvalue weighted by Crippen LogP contribution is -2.52. The summed E-state index contributed by atoms with van der Waals surface area (Å²) in [5.41, 5.74) is 0. The smallest absolute Gasteiger partial charge is 0.115 e. The van der Waals surface area contributed by atoms with Gasteiger partial charge in [-0.2, -0.15) is 0 Å². The molecule has 0 rings (SSSR count). The molecular weight excluding hydrogens is 328 g/mol. The summed E-state index contributed by atoms with van der Waals surface area (Å²) < 4.78 is 0.660. The summed E-state index contributed by atoms with van der Waals surface area (Å²) in [5, 5.41) is 21.5. The van der Waals surface area contributed by atoms with E-state index in [1.54, 1.807) is 6.92 Å². The maximum Gasteiger partial charge on any atom is 0.115 e. The third kappa shape index (κ3) is 14.5. The Balaban J connectivity index is 4.04. The Labute approximate surface area is 162 Å². The predicted octanol–water partition coefficient (Wildman–Crippen LogP) is 2.41. The minimum atomic E-state index is -1.06. The van der Waals surface area contributed by atoms with Crippen LogP contribution >= 0.6 is 0 Å². The van der Waals surface area contributed by atoms with Crippen LogP contribution in [0.3, 0.4) is 0 Å². The minimum absolute atomic E-state index is 0.391. The van der Waals surface area contributed by atoms with E-state index in [1.165, 1.54) is 51.4 Å². The van der Waals surface area contributed by atoms with Crippen LogP contribution < -0.4 is 5.11 Å². The van der Waals surface area contributed by atoms with E-state index in [9.17, 15) is 15.0 Å². The number of unbranched alkanes of at least 4 members (excludes halogenated alkanes) is 9. The molecule has 0 amide bonds. The van der Waals surface area contributed by atoms with E-state index >= 15 is 0 Å². The summed E-state index contributed by atoms with van der Waals surface area (Å²) in [5.74, 6) is -1.06. The summed E-state index contributed by atoms with van der Waals surface area (Å²) in [4.78, 5) is 13.1. The van der Waals surface area contributed by atoms with Gasteiger partial charge in [-0.25, -0.2) is 0 Å². The number of carboxylic acids is 1. The first kappa shape index (κ1) is 25.4. The van der Waals surface area contributed by atoms with Gasteiger partial charge in [-0.3, -0.25) is 4.90 Å². The molecule has 0 radical (unpaired) electrons. The van der Waals surface area contributed by atoms with Crippen LogP contribution in [0.5, 0.6) is 0 Å². The Kier molecular flexibility index (Phi) is 14.1. The van der Waals surface area contributed by atoms with E-state index in [4.69, 9.17) is 0 Å². The second-order valence-electron chi connectivity index (χ2n) is 8.80. The van der Waals surface area contributed by atoms with Crippen LogP contribution in [0.1, 0.15) is 78.1 Å². The number of hydrogen-bond acceptors (Lipinski definition) is 4. The van der Waals surface area contributed by atoms with Crippen LogP contribution in [0.4, 0.5) is 0 Å². The van der Waals surface area contributed by atoms with Crippen molar-refractivity contribution in [2.75, 3.05) is 40.8 Å². The average Bonchev–Trinajstić information content (AvgIpc) is 2.52. The van der Waals surface area contributed by atoms with Gasteiger partial charge in [0.1, 0.15) is 12.6 Å². The first-order valence-corrected chi connectivity index (χ1v) is 10.6. The van der Waals surface area contributed by atoms with Crippen molar-refractivity contribution >= 4 is 5.97 Å². The van der Waals surface area contributed by atoms with E-state index < -0.39 is 18.1 Å². The largest absolute Gasteiger partial charge is 0.548 e. The van der Waals surface area contributed by atoms with E-state index in [2.05, 4.69) is 6.92 Å². The molecule has 5 heteroatoms. The van der Waals surface area contributed by atoms with E-state index in [-0.39, 0.29) is 0 Å². The molecule has 0 aliphatic heterocycles. The molecule has 0 spiro atoms. The monoisotopic (exact) mass is 372 g/mol. The third-order valence-electron chi connectivity index (χ3n) is 4.89. The Hall–Kier alpha value is -0.650. The van der Waals surface area contributed by atoms with Gasteiger partial charge in [0.25, 0.3) is 0 Å². The third-order valence-corrected chi connectivity index (χ3v) is 4.89. The number of nitrogens with zero attached hydrogens (tertiary/aromatic N) is 2. The highest BCUT2D eigenvalue weighted by atomic mass is 16.4. The molecule has 0 aliphatic rings. The van der Waals surface area contributed by atoms with Gasteiger partial charge >= 0.3 is 0 Å². The molecule has 0 bridgehead atoms. The summed E-state index contributed by atoms with van der Waals surface area (Å²) in [6.45, 7) is 5.60. The molecule has 1 N–H and O–H groups in total. The summed E-state index contributed by atoms with van der Waals surface area (Å²) in [6.07, 6.45) is 12.1. The fourth-order valence-electron chi connectivity index (χ4n) is 3.36. The predicted molar refractivity (Wildman–Crippen MR) is 107 cm³/mol. The Bertz CT molecular complexity index is 356. The zero-order valence-corrected chi connectivity index (χ0v) is 18.0. The average molecular weight is 373 g/mol. The van der Waals surface area contributed by atoms with Crippen molar-refractivity contribution < 1.29 is 19.5 Å². The molecule has 0 saturated carbocycles. The Morgan fingerprint density at radius 3 is 1.85 bits per heavy atom. The molecule has 2 atom stereocenters. The van der Waals surface area contributed by atoms with Gasteiger partial charge in [-0.05, 0) is 19.9 Å². The number of aliphatic hydroxyl groups excluding tert-OH is 1. The number of aliphatic carboxylic acids is 1. The van der Waals surface area contributed by atoms with Crippen LogP contribution in [0, 0.1) is 0 Å². The topological polar surface area (TPSA) is 63.6 Å². The molecule has 0 fully saturated rings. The van der Waals surface area contributed by atoms with Gasteiger partial charge < -0.3 is 19.5 Å². The van der Waals surface area contributed by atoms with Crippen LogP contribution in [-0.2, 0) is 4.79 Å². The van der Waals surface area contributed by atoms with E-state index in [1.807, 2.05) is 26.0 Å². The fourth-order valence-corrected chi connectivity index (χ4v) is 3.36. The summed E-state index contributed by atoms with van der Waals surface area (Å²) >= 11 is 0. The highest BCUT2D eigenvalue weighted by Gasteiger charge is 2.22. The lowest BCUT2D eigenvalue weighted by Gasteiger charge is -2.34. The summed E-state index contributed by atoms with van der Waals surface area (Å²) in [6, 6.07) is -0.657. The second-order valence-corrected chi connectivity index (χ2v) is 8.80. The molecule has 0 saturated heterocycles. The quantitative estimate of drug-likeness (QED) is 0.315. The fraction of sp³-hybridized carbons (Fsp3) is 0.952. The van der Waals surface area contributed by atoms with Crippen molar-refractivity contribution in [3.8, 4) is 0 Å². The van der Waals surface area contributed by atoms with Crippen molar-refractivity contribution in [3.63, 3.8) is 0 Å². The number of hydrogen-bond donors (Lipinski definition) is 1. The molecule has 0 aliphatic carbocycles. The number of carbonyl (C=O) groups excluding carboxylic acids is 1. The van der Waals surface area contributed by atoms with Crippen molar-refractivity contribution in [1.82, 2.24) is 4.90 Å². The molecular formula is C21H44N2O3. The lowest BCUT2D eigenvalue weighted by atomic mass is 10.1. The van der Waals surface area contributed by atoms with Gasteiger partial charge in [0, 0.05) is 12.6 Å². The van der Waals surface area contributed by atoms with Crippen LogP contribution in [0.25, 0.3) is 0 Å². The normalized spacial score (nSPS) is 14.6. The van der Waals surface area contributed by atoms with Crippen molar-refractivity contribution in [3.05, 3.63) is 0 Å². The van der Waals surface area contributed by atoms with Crippen molar-refractivity contribution in [1.29, 1.82) is 0 Å². The number of carboxylic acid groups (broad SMARTS) is 1. The SMILES string of the molecule is CCCCCCCCCCCCN(CC(O)C[N+](C)(C)C)C(C)C(=O)[O-]. The van der Waals surface area contributed by atoms with Gasteiger partial charge in [-0.1, -0.05) is 64.7 Å². The number of quaternary nitrogens is 1. The molecule has 5 nitrogen and oxygen atoms in total. The molecule has 156 valence electrons. The van der Waals surface area contributed by atoms with E-state index in [0.29, 0.717) is 24.1 Å². The molecule has 0 aromatic carbocycles. The number of likely N-dealkylation sites (N-methyl/N-ethyl adjacent to an activating group) is 1. The van der Waals surface area contributed by atoms with Crippen LogP contribution in [0.2, 0.25) is 0 Å². The van der Waals surface area contributed by atoms with E-state index in [0.717, 1.165) is 12.8 Å². The number of carbonyl (C=O) groups is 1. The van der Waals surface area contributed by atoms with Crippen LogP contribution in [-0.4, -0.2) is 73.4 Å². The number of rotatable bonds is 17. The Morgan fingerprint density at radius 2 is 1.42 bits per heavy atom. The van der Waals surface area contributed by atoms with Crippen molar-refractivity contribution in [2.45, 2.75) is 90.2 Å². The highest BCUT2D eigenvalue weighted by Crippen LogP contribution is 2.12. The van der Waals surface area contributed by atoms with Gasteiger partial charge in [0.15, 0.2) is 0 Å². The molecule has 0 aromatic rings. The maximum absolute atomic E-state index is 11.3. The highest BCUT2D eigenvalue weighted by molar-refractivity contribution is 5.70. The maximum atomic E-state index is 11.3.